The molecular formula is C14H17FN2O3S. The fraction of sp³-hybridized carbons (Fsp3) is 0.286. The predicted molar refractivity (Wildman–Crippen MR) is 78.1 cm³/mol. The Morgan fingerprint density at radius 1 is 1.29 bits per heavy atom. The third-order valence-corrected chi connectivity index (χ3v) is 4.63. The minimum atomic E-state index is -3.84. The Balaban J connectivity index is 2.26. The van der Waals surface area contributed by atoms with Crippen LogP contribution >= 0.6 is 0 Å². The van der Waals surface area contributed by atoms with Crippen LogP contribution in [0.4, 0.5) is 10.1 Å². The Hall–Kier alpha value is -1.86. The Labute approximate surface area is 123 Å². The van der Waals surface area contributed by atoms with E-state index in [9.17, 15) is 12.8 Å². The summed E-state index contributed by atoms with van der Waals surface area (Å²) in [6.07, 6.45) is 0. The van der Waals surface area contributed by atoms with Crippen molar-refractivity contribution in [2.45, 2.75) is 18.6 Å². The van der Waals surface area contributed by atoms with Crippen LogP contribution in [0.3, 0.4) is 0 Å². The lowest BCUT2D eigenvalue weighted by molar-refractivity contribution is 0.404. The standard InChI is InChI=1S/C14H17FN2O3S/c1-3-16-10-13-7-8-14(20-13)21(18,19)17(2)12-6-4-5-11(15)9-12/h4-9,16H,3,10H2,1-2H3. The molecule has 0 aliphatic carbocycles. The molecule has 114 valence electrons. The van der Waals surface area contributed by atoms with E-state index >= 15 is 0 Å². The van der Waals surface area contributed by atoms with Crippen molar-refractivity contribution in [1.29, 1.82) is 0 Å². The fourth-order valence-electron chi connectivity index (χ4n) is 1.79. The van der Waals surface area contributed by atoms with Crippen LogP contribution in [0.5, 0.6) is 0 Å². The van der Waals surface area contributed by atoms with Gasteiger partial charge in [-0.05, 0) is 36.9 Å². The maximum absolute atomic E-state index is 13.2. The van der Waals surface area contributed by atoms with E-state index < -0.39 is 15.8 Å². The van der Waals surface area contributed by atoms with Crippen molar-refractivity contribution < 1.29 is 17.2 Å². The number of sulfonamides is 1. The van der Waals surface area contributed by atoms with Gasteiger partial charge in [-0.1, -0.05) is 13.0 Å². The zero-order valence-electron chi connectivity index (χ0n) is 11.8. The molecule has 0 unspecified atom stereocenters. The number of benzene rings is 1. The molecule has 1 heterocycles. The van der Waals surface area contributed by atoms with Gasteiger partial charge in [-0.3, -0.25) is 4.31 Å². The van der Waals surface area contributed by atoms with Gasteiger partial charge in [0.15, 0.2) is 0 Å². The molecule has 21 heavy (non-hydrogen) atoms. The van der Waals surface area contributed by atoms with Crippen LogP contribution in [0.1, 0.15) is 12.7 Å². The highest BCUT2D eigenvalue weighted by Gasteiger charge is 2.25. The number of furan rings is 1. The van der Waals surface area contributed by atoms with Crippen molar-refractivity contribution >= 4 is 15.7 Å². The molecule has 0 saturated heterocycles. The van der Waals surface area contributed by atoms with E-state index in [0.717, 1.165) is 16.9 Å². The summed E-state index contributed by atoms with van der Waals surface area (Å²) in [7, 11) is -2.48. The second-order valence-corrected chi connectivity index (χ2v) is 6.35. The van der Waals surface area contributed by atoms with Gasteiger partial charge in [-0.2, -0.15) is 8.42 Å². The quantitative estimate of drug-likeness (QED) is 0.889. The van der Waals surface area contributed by atoms with Gasteiger partial charge >= 0.3 is 0 Å². The van der Waals surface area contributed by atoms with Gasteiger partial charge in [0.05, 0.1) is 12.2 Å². The molecule has 0 bridgehead atoms. The summed E-state index contributed by atoms with van der Waals surface area (Å²) in [5, 5.41) is 2.88. The molecule has 5 nitrogen and oxygen atoms in total. The highest BCUT2D eigenvalue weighted by molar-refractivity contribution is 7.92. The smallest absolute Gasteiger partial charge is 0.297 e. The average molecular weight is 312 g/mol. The molecule has 0 radical (unpaired) electrons. The van der Waals surface area contributed by atoms with Gasteiger partial charge in [-0.25, -0.2) is 4.39 Å². The van der Waals surface area contributed by atoms with Crippen LogP contribution in [-0.4, -0.2) is 22.0 Å². The van der Waals surface area contributed by atoms with Crippen molar-refractivity contribution in [1.82, 2.24) is 5.32 Å². The normalized spacial score (nSPS) is 11.6. The Morgan fingerprint density at radius 3 is 2.71 bits per heavy atom. The fourth-order valence-corrected chi connectivity index (χ4v) is 2.90. The van der Waals surface area contributed by atoms with Gasteiger partial charge in [0, 0.05) is 7.05 Å². The predicted octanol–water partition coefficient (Wildman–Crippen LogP) is 2.35. The molecule has 1 aromatic carbocycles. The molecule has 0 atom stereocenters. The summed E-state index contributed by atoms with van der Waals surface area (Å²) < 4.78 is 44.4. The number of nitrogens with one attached hydrogen (secondary N) is 1. The molecule has 7 heteroatoms. The van der Waals surface area contributed by atoms with E-state index in [1.54, 1.807) is 6.07 Å². The number of halogens is 1. The SMILES string of the molecule is CCNCc1ccc(S(=O)(=O)N(C)c2cccc(F)c2)o1. The zero-order valence-corrected chi connectivity index (χ0v) is 12.7. The van der Waals surface area contributed by atoms with Crippen LogP contribution in [0, 0.1) is 5.82 Å². The Bertz CT molecular complexity index is 713. The molecular weight excluding hydrogens is 295 g/mol. The van der Waals surface area contributed by atoms with Gasteiger partial charge in [0.2, 0.25) is 5.09 Å². The first-order valence-corrected chi connectivity index (χ1v) is 7.93. The van der Waals surface area contributed by atoms with E-state index in [4.69, 9.17) is 4.42 Å². The van der Waals surface area contributed by atoms with Crippen molar-refractivity contribution in [2.24, 2.45) is 0 Å². The summed E-state index contributed by atoms with van der Waals surface area (Å²) in [4.78, 5) is 0. The van der Waals surface area contributed by atoms with E-state index in [1.807, 2.05) is 6.92 Å². The van der Waals surface area contributed by atoms with E-state index in [2.05, 4.69) is 5.32 Å². The maximum Gasteiger partial charge on any atom is 0.297 e. The average Bonchev–Trinajstić information content (AvgIpc) is 2.93. The van der Waals surface area contributed by atoms with Gasteiger partial charge in [0.25, 0.3) is 10.0 Å². The van der Waals surface area contributed by atoms with Crippen molar-refractivity contribution in [2.75, 3.05) is 17.9 Å². The monoisotopic (exact) mass is 312 g/mol. The van der Waals surface area contributed by atoms with E-state index in [-0.39, 0.29) is 10.8 Å². The summed E-state index contributed by atoms with van der Waals surface area (Å²) in [5.74, 6) is 0.0323. The number of rotatable bonds is 6. The first-order valence-electron chi connectivity index (χ1n) is 6.49. The minimum absolute atomic E-state index is 0.165. The zero-order chi connectivity index (χ0) is 15.5. The number of hydrogen-bond donors (Lipinski definition) is 1. The molecule has 0 amide bonds. The molecule has 0 fully saturated rings. The lowest BCUT2D eigenvalue weighted by atomic mass is 10.3. The Kier molecular flexibility index (Phi) is 4.64. The van der Waals surface area contributed by atoms with Crippen LogP contribution in [0.15, 0.2) is 45.9 Å². The molecule has 0 saturated carbocycles. The number of nitrogens with zero attached hydrogens (tertiary/aromatic N) is 1. The molecule has 0 spiro atoms. The molecule has 1 N–H and O–H groups in total. The Morgan fingerprint density at radius 2 is 2.05 bits per heavy atom. The number of hydrogen-bond acceptors (Lipinski definition) is 4. The lowest BCUT2D eigenvalue weighted by Gasteiger charge is -2.17. The highest BCUT2D eigenvalue weighted by Crippen LogP contribution is 2.24. The summed E-state index contributed by atoms with van der Waals surface area (Å²) in [6, 6.07) is 8.39. The summed E-state index contributed by atoms with van der Waals surface area (Å²) in [5.41, 5.74) is 0.236. The topological polar surface area (TPSA) is 62.6 Å². The van der Waals surface area contributed by atoms with Crippen LogP contribution in [-0.2, 0) is 16.6 Å². The first-order chi connectivity index (χ1) is 9.95. The maximum atomic E-state index is 13.2. The third kappa shape index (κ3) is 3.43. The van der Waals surface area contributed by atoms with Crippen LogP contribution in [0.2, 0.25) is 0 Å². The summed E-state index contributed by atoms with van der Waals surface area (Å²) >= 11 is 0. The molecule has 2 rings (SSSR count). The van der Waals surface area contributed by atoms with Crippen molar-refractivity contribution in [3.8, 4) is 0 Å². The second kappa shape index (κ2) is 6.28. The molecule has 2 aromatic rings. The first kappa shape index (κ1) is 15.5. The lowest BCUT2D eigenvalue weighted by Crippen LogP contribution is -2.26. The third-order valence-electron chi connectivity index (χ3n) is 2.97. The van der Waals surface area contributed by atoms with Crippen molar-refractivity contribution in [3.05, 3.63) is 48.0 Å². The second-order valence-electron chi connectivity index (χ2n) is 4.45. The number of anilines is 1. The van der Waals surface area contributed by atoms with Crippen molar-refractivity contribution in [3.63, 3.8) is 0 Å². The highest BCUT2D eigenvalue weighted by atomic mass is 32.2. The molecule has 0 aliphatic rings. The molecule has 1 aromatic heterocycles. The van der Waals surface area contributed by atoms with Crippen LogP contribution < -0.4 is 9.62 Å². The van der Waals surface area contributed by atoms with Crippen LogP contribution in [0.25, 0.3) is 0 Å². The molecule has 0 aliphatic heterocycles. The van der Waals surface area contributed by atoms with E-state index in [1.165, 1.54) is 31.3 Å². The van der Waals surface area contributed by atoms with Gasteiger partial charge in [-0.15, -0.1) is 0 Å². The largest absolute Gasteiger partial charge is 0.446 e. The van der Waals surface area contributed by atoms with Gasteiger partial charge in [0.1, 0.15) is 11.6 Å². The summed E-state index contributed by atoms with van der Waals surface area (Å²) in [6.45, 7) is 3.15. The minimum Gasteiger partial charge on any atom is -0.446 e. The van der Waals surface area contributed by atoms with E-state index in [0.29, 0.717) is 12.3 Å². The van der Waals surface area contributed by atoms with Gasteiger partial charge < -0.3 is 9.73 Å².